The highest BCUT2D eigenvalue weighted by Crippen LogP contribution is 2.46. The van der Waals surface area contributed by atoms with E-state index >= 15 is 0 Å². The summed E-state index contributed by atoms with van der Waals surface area (Å²) in [6.45, 7) is 3.42. The number of methoxy groups -OCH3 is 1. The van der Waals surface area contributed by atoms with Gasteiger partial charge in [0, 0.05) is 11.6 Å². The fourth-order valence-electron chi connectivity index (χ4n) is 7.73. The molecule has 24 heteroatoms. The van der Waals surface area contributed by atoms with E-state index in [4.69, 9.17) is 47.0 Å². The fraction of sp³-hybridized carbons (Fsp3) is 0.625. The Morgan fingerprint density at radius 3 is 1.69 bits per heavy atom. The zero-order chi connectivity index (χ0) is 46.6. The molecule has 0 aliphatic carbocycles. The lowest BCUT2D eigenvalue weighted by Gasteiger charge is -2.46. The maximum atomic E-state index is 14.7. The van der Waals surface area contributed by atoms with Gasteiger partial charge in [0.05, 0.1) is 32.0 Å². The first-order chi connectivity index (χ1) is 30.2. The zero-order valence-corrected chi connectivity index (χ0v) is 34.4. The maximum absolute atomic E-state index is 14.7. The lowest BCUT2D eigenvalue weighted by Crippen LogP contribution is -2.65. The molecule has 4 aliphatic rings. The smallest absolute Gasteiger partial charge is 0.239 e. The van der Waals surface area contributed by atoms with Crippen LogP contribution in [0, 0.1) is 0 Å². The number of benzene rings is 2. The first kappa shape index (κ1) is 47.9. The van der Waals surface area contributed by atoms with Gasteiger partial charge >= 0.3 is 0 Å². The lowest BCUT2D eigenvalue weighted by atomic mass is 9.97. The number of aromatic hydroxyl groups is 2. The molecule has 1 aromatic heterocycles. The summed E-state index contributed by atoms with van der Waals surface area (Å²) >= 11 is 0. The van der Waals surface area contributed by atoms with Crippen LogP contribution in [0.25, 0.3) is 22.3 Å². The van der Waals surface area contributed by atoms with Crippen molar-refractivity contribution >= 4 is 11.0 Å². The summed E-state index contributed by atoms with van der Waals surface area (Å²) in [6, 6.07) is 6.15. The highest BCUT2D eigenvalue weighted by atomic mass is 16.8. The number of phenols is 2. The Morgan fingerprint density at radius 2 is 1.11 bits per heavy atom. The molecule has 2 aromatic carbocycles. The van der Waals surface area contributed by atoms with E-state index in [0.29, 0.717) is 0 Å². The van der Waals surface area contributed by atoms with Crippen molar-refractivity contribution < 1.29 is 113 Å². The van der Waals surface area contributed by atoms with Crippen molar-refractivity contribution in [3.05, 3.63) is 40.6 Å². The second-order valence-electron chi connectivity index (χ2n) is 16.0. The molecule has 0 unspecified atom stereocenters. The van der Waals surface area contributed by atoms with Gasteiger partial charge in [-0.05, 0) is 45.0 Å². The number of hydrogen-bond acceptors (Lipinski definition) is 24. The molecule has 24 nitrogen and oxygen atoms in total. The van der Waals surface area contributed by atoms with Crippen molar-refractivity contribution in [2.75, 3.05) is 13.7 Å². The van der Waals surface area contributed by atoms with E-state index in [1.165, 1.54) is 45.0 Å². The average molecular weight is 917 g/mol. The van der Waals surface area contributed by atoms with Crippen molar-refractivity contribution in [3.63, 3.8) is 0 Å². The van der Waals surface area contributed by atoms with Crippen molar-refractivity contribution in [1.82, 2.24) is 0 Å². The van der Waals surface area contributed by atoms with Crippen molar-refractivity contribution in [2.24, 2.45) is 0 Å². The van der Waals surface area contributed by atoms with Gasteiger partial charge < -0.3 is 113 Å². The molecule has 5 heterocycles. The SMILES string of the molecule is COc1c(O[C@@H]2O[C@@H](C)[C@H](O)[C@@H](O)[C@H]2O)cc2oc(-c3ccc(O)cc3)c(O[C@@H]3O[C@H](CO[C@H]4O[C@@H](C)[C@H](O)[C@@H](O)[C@H]4O)[C@@H](O)[C@H](O)[C@H]3O[C@@H]3O[C@@H](C)[C@H](O)[C@@H](O)[C@H]3O)c(=O)c2c1O. The first-order valence-corrected chi connectivity index (χ1v) is 20.1. The molecule has 0 spiro atoms. The third kappa shape index (κ3) is 8.95. The van der Waals surface area contributed by atoms with E-state index in [9.17, 15) is 71.2 Å². The van der Waals surface area contributed by atoms with Crippen molar-refractivity contribution in [3.8, 4) is 40.1 Å². The molecule has 4 aliphatic heterocycles. The van der Waals surface area contributed by atoms with Gasteiger partial charge in [-0.15, -0.1) is 0 Å². The molecule has 4 fully saturated rings. The highest BCUT2D eigenvalue weighted by Gasteiger charge is 2.52. The van der Waals surface area contributed by atoms with Crippen LogP contribution in [0.2, 0.25) is 0 Å². The molecule has 13 N–H and O–H groups in total. The number of ether oxygens (including phenoxy) is 9. The Labute approximate surface area is 362 Å². The molecule has 0 saturated carbocycles. The summed E-state index contributed by atoms with van der Waals surface area (Å²) in [4.78, 5) is 14.7. The molecule has 4 saturated heterocycles. The summed E-state index contributed by atoms with van der Waals surface area (Å²) in [5, 5.41) is 138. The Balaban J connectivity index is 1.30. The predicted molar refractivity (Wildman–Crippen MR) is 208 cm³/mol. The van der Waals surface area contributed by atoms with Crippen LogP contribution in [-0.4, -0.2) is 203 Å². The van der Waals surface area contributed by atoms with Gasteiger partial charge in [0.1, 0.15) is 90.0 Å². The van der Waals surface area contributed by atoms with Gasteiger partial charge in [-0.2, -0.15) is 0 Å². The molecular formula is C40H52O24. The fourth-order valence-corrected chi connectivity index (χ4v) is 7.73. The molecule has 64 heavy (non-hydrogen) atoms. The van der Waals surface area contributed by atoms with Gasteiger partial charge in [0.15, 0.2) is 35.9 Å². The number of fused-ring (bicyclic) bond motifs is 1. The summed E-state index contributed by atoms with van der Waals surface area (Å²) in [6.07, 6.45) is -33.3. The van der Waals surface area contributed by atoms with E-state index in [-0.39, 0.29) is 17.1 Å². The van der Waals surface area contributed by atoms with E-state index in [1.54, 1.807) is 0 Å². The molecular weight excluding hydrogens is 864 g/mol. The Morgan fingerprint density at radius 1 is 0.578 bits per heavy atom. The van der Waals surface area contributed by atoms with E-state index < -0.39 is 169 Å². The predicted octanol–water partition coefficient (Wildman–Crippen LogP) is -4.03. The molecule has 356 valence electrons. The third-order valence-corrected chi connectivity index (χ3v) is 11.6. The molecule has 0 amide bonds. The highest BCUT2D eigenvalue weighted by molar-refractivity contribution is 5.91. The van der Waals surface area contributed by atoms with E-state index in [1.807, 2.05) is 0 Å². The van der Waals surface area contributed by atoms with Crippen LogP contribution in [0.5, 0.6) is 28.7 Å². The Bertz CT molecular complexity index is 2130. The molecule has 0 radical (unpaired) electrons. The summed E-state index contributed by atoms with van der Waals surface area (Å²) in [5.74, 6) is -3.19. The van der Waals surface area contributed by atoms with E-state index in [2.05, 4.69) is 0 Å². The van der Waals surface area contributed by atoms with E-state index in [0.717, 1.165) is 13.2 Å². The normalized spacial score (nSPS) is 40.5. The minimum absolute atomic E-state index is 0.0468. The van der Waals surface area contributed by atoms with Crippen LogP contribution in [0.4, 0.5) is 0 Å². The van der Waals surface area contributed by atoms with Crippen LogP contribution in [-0.2, 0) is 28.4 Å². The molecule has 7 rings (SSSR count). The van der Waals surface area contributed by atoms with Crippen LogP contribution < -0.4 is 19.6 Å². The second kappa shape index (κ2) is 19.1. The monoisotopic (exact) mass is 916 g/mol. The Hall–Kier alpha value is -4.03. The summed E-state index contributed by atoms with van der Waals surface area (Å²) in [5.41, 5.74) is -1.50. The lowest BCUT2D eigenvalue weighted by molar-refractivity contribution is -0.360. The number of aliphatic hydroxyl groups is 11. The van der Waals surface area contributed by atoms with Gasteiger partial charge in [-0.25, -0.2) is 0 Å². The van der Waals surface area contributed by atoms with Gasteiger partial charge in [0.25, 0.3) is 0 Å². The maximum Gasteiger partial charge on any atom is 0.239 e. The number of rotatable bonds is 11. The zero-order valence-electron chi connectivity index (χ0n) is 34.4. The average Bonchev–Trinajstić information content (AvgIpc) is 3.26. The summed E-state index contributed by atoms with van der Waals surface area (Å²) in [7, 11) is 1.10. The van der Waals surface area contributed by atoms with Gasteiger partial charge in [-0.1, -0.05) is 0 Å². The summed E-state index contributed by atoms with van der Waals surface area (Å²) < 4.78 is 57.6. The van der Waals surface area contributed by atoms with Crippen LogP contribution in [0.3, 0.4) is 0 Å². The van der Waals surface area contributed by atoms with Crippen LogP contribution in [0.1, 0.15) is 20.8 Å². The van der Waals surface area contributed by atoms with Gasteiger partial charge in [-0.3, -0.25) is 4.79 Å². The first-order valence-electron chi connectivity index (χ1n) is 20.1. The topological polar surface area (TPSA) is 376 Å². The molecule has 3 aromatic rings. The van der Waals surface area contributed by atoms with Crippen LogP contribution in [0.15, 0.2) is 39.5 Å². The van der Waals surface area contributed by atoms with Crippen LogP contribution >= 0.6 is 0 Å². The molecule has 20 atom stereocenters. The Kier molecular flexibility index (Phi) is 14.3. The minimum atomic E-state index is -2.08. The standard InChI is InChI=1S/C40H52O24/c1-11-20(42)26(48)30(52)37(57-11)56-10-18-23(45)29(51)36(64-39-32(54)28(50)22(44)13(3)59-39)40(62-18)63-35-25(47)19-16(60-33(35)14-5-7-15(41)8-6-14)9-17(34(55-4)24(19)46)61-38-31(53)27(49)21(43)12(2)58-38/h5-9,11-13,18,20-23,26-32,36-46,48-54H,10H2,1-4H3/t11-,12-,13-,18+,20-,21-,22-,23+,26+,27+,28+,29-,30+,31+,32+,36+,37-,38-,39-,40-/m0/s1. The number of aliphatic hydroxyl groups excluding tert-OH is 11. The number of phenolic OH excluding ortho intramolecular Hbond substituents is 2. The number of hydrogen-bond donors (Lipinski definition) is 13. The minimum Gasteiger partial charge on any atom is -0.508 e. The largest absolute Gasteiger partial charge is 0.508 e. The molecule has 0 bridgehead atoms. The quantitative estimate of drug-likeness (QED) is 0.0871. The second-order valence-corrected chi connectivity index (χ2v) is 16.0. The third-order valence-electron chi connectivity index (χ3n) is 11.6. The van der Waals surface area contributed by atoms with Crippen molar-refractivity contribution in [1.29, 1.82) is 0 Å². The van der Waals surface area contributed by atoms with Crippen molar-refractivity contribution in [2.45, 2.75) is 144 Å². The van der Waals surface area contributed by atoms with Gasteiger partial charge in [0.2, 0.25) is 29.5 Å².